The van der Waals surface area contributed by atoms with E-state index < -0.39 is 0 Å². The van der Waals surface area contributed by atoms with Crippen molar-refractivity contribution in [3.63, 3.8) is 0 Å². The molecule has 0 saturated heterocycles. The topological polar surface area (TPSA) is 49.3 Å². The second kappa shape index (κ2) is 4.70. The highest BCUT2D eigenvalue weighted by Gasteiger charge is 2.29. The van der Waals surface area contributed by atoms with Gasteiger partial charge in [-0.2, -0.15) is 0 Å². The van der Waals surface area contributed by atoms with Gasteiger partial charge in [0.1, 0.15) is 5.75 Å². The van der Waals surface area contributed by atoms with E-state index in [0.717, 1.165) is 15.7 Å². The van der Waals surface area contributed by atoms with Crippen LogP contribution in [0.2, 0.25) is 0 Å². The molecule has 4 heteroatoms. The molecular weight excluding hydrogens is 306 g/mol. The van der Waals surface area contributed by atoms with E-state index in [-0.39, 0.29) is 17.6 Å². The molecule has 1 amide bonds. The molecule has 2 aromatic rings. The van der Waals surface area contributed by atoms with Crippen LogP contribution < -0.4 is 5.32 Å². The second-order valence-corrected chi connectivity index (χ2v) is 5.52. The number of carbonyl (C=O) groups excluding carboxylic acids is 1. The smallest absolute Gasteiger partial charge is 0.232 e. The van der Waals surface area contributed by atoms with E-state index in [1.807, 2.05) is 24.3 Å². The highest BCUT2D eigenvalue weighted by molar-refractivity contribution is 9.10. The van der Waals surface area contributed by atoms with Crippen LogP contribution in [0.5, 0.6) is 5.75 Å². The molecule has 96 valence electrons. The maximum Gasteiger partial charge on any atom is 0.232 e. The first kappa shape index (κ1) is 12.2. The van der Waals surface area contributed by atoms with Gasteiger partial charge in [0.2, 0.25) is 5.91 Å². The van der Waals surface area contributed by atoms with E-state index in [1.54, 1.807) is 18.2 Å². The van der Waals surface area contributed by atoms with Crippen molar-refractivity contribution in [3.05, 3.63) is 58.1 Å². The van der Waals surface area contributed by atoms with E-state index >= 15 is 0 Å². The summed E-state index contributed by atoms with van der Waals surface area (Å²) in [4.78, 5) is 12.2. The molecule has 3 nitrogen and oxygen atoms in total. The van der Waals surface area contributed by atoms with Gasteiger partial charge < -0.3 is 10.4 Å². The Kier molecular flexibility index (Phi) is 3.03. The fourth-order valence-electron chi connectivity index (χ4n) is 2.41. The third kappa shape index (κ3) is 2.24. The zero-order valence-electron chi connectivity index (χ0n) is 10.1. The van der Waals surface area contributed by atoms with Gasteiger partial charge >= 0.3 is 0 Å². The summed E-state index contributed by atoms with van der Waals surface area (Å²) in [6.07, 6.45) is 0.603. The van der Waals surface area contributed by atoms with Gasteiger partial charge in [-0.15, -0.1) is 0 Å². The fraction of sp³-hybridized carbons (Fsp3) is 0.133. The Hall–Kier alpha value is -1.81. The minimum absolute atomic E-state index is 0.0768. The summed E-state index contributed by atoms with van der Waals surface area (Å²) < 4.78 is 0.854. The number of carbonyl (C=O) groups is 1. The van der Waals surface area contributed by atoms with Crippen LogP contribution in [-0.2, 0) is 11.2 Å². The number of halogens is 1. The first-order valence-corrected chi connectivity index (χ1v) is 6.81. The molecule has 1 aliphatic rings. The monoisotopic (exact) mass is 317 g/mol. The number of para-hydroxylation sites is 1. The van der Waals surface area contributed by atoms with Crippen LogP contribution in [0.3, 0.4) is 0 Å². The molecule has 1 aliphatic heterocycles. The number of hydrogen-bond donors (Lipinski definition) is 2. The Morgan fingerprint density at radius 2 is 2.00 bits per heavy atom. The fourth-order valence-corrected chi connectivity index (χ4v) is 2.79. The molecule has 0 aromatic heterocycles. The van der Waals surface area contributed by atoms with Gasteiger partial charge in [-0.25, -0.2) is 0 Å². The predicted molar refractivity (Wildman–Crippen MR) is 77.3 cm³/mol. The van der Waals surface area contributed by atoms with Gasteiger partial charge in [0.05, 0.1) is 5.92 Å². The lowest BCUT2D eigenvalue weighted by molar-refractivity contribution is -0.117. The lowest BCUT2D eigenvalue weighted by atomic mass is 9.87. The number of aromatic hydroxyl groups is 1. The Morgan fingerprint density at radius 1 is 1.21 bits per heavy atom. The molecule has 0 bridgehead atoms. The van der Waals surface area contributed by atoms with Crippen molar-refractivity contribution >= 4 is 27.5 Å². The Morgan fingerprint density at radius 3 is 2.84 bits per heavy atom. The molecule has 0 spiro atoms. The molecule has 0 radical (unpaired) electrons. The molecule has 2 N–H and O–H groups in total. The van der Waals surface area contributed by atoms with Crippen LogP contribution in [0, 0.1) is 0 Å². The SMILES string of the molecule is O=C1Nc2ccccc2C[C@@H]1c1cc(Br)ccc1O. The summed E-state index contributed by atoms with van der Waals surface area (Å²) in [7, 11) is 0. The summed E-state index contributed by atoms with van der Waals surface area (Å²) >= 11 is 3.37. The van der Waals surface area contributed by atoms with Crippen molar-refractivity contribution < 1.29 is 9.90 Å². The van der Waals surface area contributed by atoms with E-state index in [9.17, 15) is 9.90 Å². The Balaban J connectivity index is 2.03. The van der Waals surface area contributed by atoms with Gasteiger partial charge in [0.15, 0.2) is 0 Å². The number of benzene rings is 2. The maximum atomic E-state index is 12.2. The molecule has 0 fully saturated rings. The average molecular weight is 318 g/mol. The number of anilines is 1. The largest absolute Gasteiger partial charge is 0.508 e. The van der Waals surface area contributed by atoms with Crippen LogP contribution in [0.4, 0.5) is 5.69 Å². The number of hydrogen-bond acceptors (Lipinski definition) is 2. The van der Waals surface area contributed by atoms with Gasteiger partial charge in [0.25, 0.3) is 0 Å². The van der Waals surface area contributed by atoms with E-state index in [4.69, 9.17) is 0 Å². The lowest BCUT2D eigenvalue weighted by Crippen LogP contribution is -2.28. The predicted octanol–water partition coefficient (Wildman–Crippen LogP) is 3.43. The number of amides is 1. The van der Waals surface area contributed by atoms with E-state index in [0.29, 0.717) is 12.0 Å². The van der Waals surface area contributed by atoms with Gasteiger partial charge in [-0.3, -0.25) is 4.79 Å². The van der Waals surface area contributed by atoms with E-state index in [2.05, 4.69) is 21.2 Å². The molecule has 2 aromatic carbocycles. The number of phenols is 1. The number of nitrogens with one attached hydrogen (secondary N) is 1. The zero-order chi connectivity index (χ0) is 13.4. The molecule has 0 unspecified atom stereocenters. The summed E-state index contributed by atoms with van der Waals surface area (Å²) in [5, 5.41) is 12.8. The van der Waals surface area contributed by atoms with Crippen molar-refractivity contribution in [2.75, 3.05) is 5.32 Å². The summed E-state index contributed by atoms with van der Waals surface area (Å²) in [6, 6.07) is 12.9. The number of phenolic OH excluding ortho intramolecular Hbond substituents is 1. The van der Waals surface area contributed by atoms with Gasteiger partial charge in [0, 0.05) is 15.7 Å². The summed E-state index contributed by atoms with van der Waals surface area (Å²) in [5.74, 6) is -0.276. The minimum Gasteiger partial charge on any atom is -0.508 e. The van der Waals surface area contributed by atoms with Crippen LogP contribution in [0.15, 0.2) is 46.9 Å². The van der Waals surface area contributed by atoms with Crippen molar-refractivity contribution in [2.45, 2.75) is 12.3 Å². The molecule has 0 aliphatic carbocycles. The van der Waals surface area contributed by atoms with Crippen LogP contribution >= 0.6 is 15.9 Å². The first-order chi connectivity index (χ1) is 9.15. The highest BCUT2D eigenvalue weighted by atomic mass is 79.9. The molecule has 1 heterocycles. The van der Waals surface area contributed by atoms with Gasteiger partial charge in [-0.1, -0.05) is 34.1 Å². The normalized spacial score (nSPS) is 17.7. The van der Waals surface area contributed by atoms with Crippen LogP contribution in [-0.4, -0.2) is 11.0 Å². The number of fused-ring (bicyclic) bond motifs is 1. The second-order valence-electron chi connectivity index (χ2n) is 4.61. The van der Waals surface area contributed by atoms with Crippen LogP contribution in [0.1, 0.15) is 17.0 Å². The standard InChI is InChI=1S/C15H12BrNO2/c16-10-5-6-14(18)11(8-10)12-7-9-3-1-2-4-13(9)17-15(12)19/h1-6,8,12,18H,7H2,(H,17,19)/t12-/m1/s1. The lowest BCUT2D eigenvalue weighted by Gasteiger charge is -2.25. The van der Waals surface area contributed by atoms with Crippen molar-refractivity contribution in [3.8, 4) is 5.75 Å². The average Bonchev–Trinajstić information content (AvgIpc) is 2.41. The zero-order valence-corrected chi connectivity index (χ0v) is 11.6. The van der Waals surface area contributed by atoms with Crippen molar-refractivity contribution in [1.82, 2.24) is 0 Å². The number of rotatable bonds is 1. The molecular formula is C15H12BrNO2. The Bertz CT molecular complexity index is 654. The third-order valence-electron chi connectivity index (χ3n) is 3.38. The van der Waals surface area contributed by atoms with Gasteiger partial charge in [-0.05, 0) is 36.2 Å². The minimum atomic E-state index is -0.354. The quantitative estimate of drug-likeness (QED) is 0.846. The van der Waals surface area contributed by atoms with Crippen molar-refractivity contribution in [2.24, 2.45) is 0 Å². The molecule has 0 saturated carbocycles. The first-order valence-electron chi connectivity index (χ1n) is 6.02. The van der Waals surface area contributed by atoms with Crippen LogP contribution in [0.25, 0.3) is 0 Å². The van der Waals surface area contributed by atoms with E-state index in [1.165, 1.54) is 0 Å². The summed E-state index contributed by atoms with van der Waals surface area (Å²) in [5.41, 5.74) is 2.60. The third-order valence-corrected chi connectivity index (χ3v) is 3.87. The summed E-state index contributed by atoms with van der Waals surface area (Å²) in [6.45, 7) is 0. The highest BCUT2D eigenvalue weighted by Crippen LogP contribution is 2.36. The molecule has 3 rings (SSSR count). The molecule has 1 atom stereocenters. The maximum absolute atomic E-state index is 12.2. The Labute approximate surface area is 119 Å². The van der Waals surface area contributed by atoms with Crippen molar-refractivity contribution in [1.29, 1.82) is 0 Å². The molecule has 19 heavy (non-hydrogen) atoms.